The van der Waals surface area contributed by atoms with Gasteiger partial charge in [-0.1, -0.05) is 12.1 Å². The van der Waals surface area contributed by atoms with Crippen molar-refractivity contribution in [3.63, 3.8) is 0 Å². The summed E-state index contributed by atoms with van der Waals surface area (Å²) >= 11 is 0. The van der Waals surface area contributed by atoms with E-state index in [0.717, 1.165) is 18.6 Å². The number of aliphatic imine (C=N–C) groups is 1. The quantitative estimate of drug-likeness (QED) is 0.645. The van der Waals surface area contributed by atoms with Gasteiger partial charge in [0, 0.05) is 6.04 Å². The van der Waals surface area contributed by atoms with Crippen LogP contribution in [0.5, 0.6) is 5.75 Å². The number of hydrogen-bond donors (Lipinski definition) is 2. The number of nitrogens with one attached hydrogen (secondary N) is 1. The first-order valence-electron chi connectivity index (χ1n) is 6.82. The van der Waals surface area contributed by atoms with E-state index in [9.17, 15) is 0 Å². The molecule has 3 N–H and O–H groups in total. The van der Waals surface area contributed by atoms with Crippen LogP contribution in [0, 0.1) is 0 Å². The molecule has 2 rings (SSSR count). The Labute approximate surface area is 115 Å². The van der Waals surface area contributed by atoms with Gasteiger partial charge in [0.2, 0.25) is 0 Å². The topological polar surface area (TPSA) is 59.6 Å². The SMILES string of the molecule is COc1cccc(C2CC(N=C(N)NC(C)C)C2)c1. The lowest BCUT2D eigenvalue weighted by Gasteiger charge is -2.33. The highest BCUT2D eigenvalue weighted by Crippen LogP contribution is 2.39. The summed E-state index contributed by atoms with van der Waals surface area (Å²) in [6.07, 6.45) is 2.13. The van der Waals surface area contributed by atoms with Crippen LogP contribution >= 0.6 is 0 Å². The molecule has 0 saturated heterocycles. The number of benzene rings is 1. The van der Waals surface area contributed by atoms with Crippen LogP contribution in [-0.4, -0.2) is 25.2 Å². The maximum atomic E-state index is 5.83. The van der Waals surface area contributed by atoms with Crippen molar-refractivity contribution in [2.75, 3.05) is 7.11 Å². The van der Waals surface area contributed by atoms with Gasteiger partial charge < -0.3 is 15.8 Å². The largest absolute Gasteiger partial charge is 0.497 e. The van der Waals surface area contributed by atoms with Crippen LogP contribution in [0.2, 0.25) is 0 Å². The molecule has 19 heavy (non-hydrogen) atoms. The van der Waals surface area contributed by atoms with Crippen LogP contribution in [0.4, 0.5) is 0 Å². The van der Waals surface area contributed by atoms with Gasteiger partial charge in [-0.05, 0) is 50.3 Å². The third-order valence-electron chi connectivity index (χ3n) is 3.44. The summed E-state index contributed by atoms with van der Waals surface area (Å²) in [7, 11) is 1.70. The zero-order valence-corrected chi connectivity index (χ0v) is 11.9. The van der Waals surface area contributed by atoms with Crippen molar-refractivity contribution in [2.45, 2.75) is 44.7 Å². The van der Waals surface area contributed by atoms with Gasteiger partial charge in [-0.25, -0.2) is 0 Å². The number of rotatable bonds is 4. The van der Waals surface area contributed by atoms with E-state index in [1.165, 1.54) is 5.56 Å². The average Bonchev–Trinajstić information content (AvgIpc) is 2.32. The second-order valence-corrected chi connectivity index (χ2v) is 5.41. The molecule has 4 nitrogen and oxygen atoms in total. The predicted molar refractivity (Wildman–Crippen MR) is 78.7 cm³/mol. The fourth-order valence-electron chi connectivity index (χ4n) is 2.39. The first-order chi connectivity index (χ1) is 9.08. The van der Waals surface area contributed by atoms with Crippen molar-refractivity contribution in [3.05, 3.63) is 29.8 Å². The standard InChI is InChI=1S/C15H23N3O/c1-10(2)17-15(16)18-13-7-12(8-13)11-5-4-6-14(9-11)19-3/h4-6,9-10,12-13H,7-8H2,1-3H3,(H3,16,17,18). The van der Waals surface area contributed by atoms with Crippen molar-refractivity contribution < 1.29 is 4.74 Å². The molecule has 0 amide bonds. The maximum Gasteiger partial charge on any atom is 0.189 e. The molecular formula is C15H23N3O. The van der Waals surface area contributed by atoms with Gasteiger partial charge in [-0.3, -0.25) is 4.99 Å². The van der Waals surface area contributed by atoms with Gasteiger partial charge in [0.15, 0.2) is 5.96 Å². The molecule has 104 valence electrons. The molecule has 1 aliphatic rings. The number of hydrogen-bond acceptors (Lipinski definition) is 2. The zero-order valence-electron chi connectivity index (χ0n) is 11.9. The molecule has 1 aromatic carbocycles. The van der Waals surface area contributed by atoms with Gasteiger partial charge in [-0.2, -0.15) is 0 Å². The molecule has 1 saturated carbocycles. The summed E-state index contributed by atoms with van der Waals surface area (Å²) in [5, 5.41) is 3.12. The van der Waals surface area contributed by atoms with Gasteiger partial charge in [-0.15, -0.1) is 0 Å². The molecule has 0 spiro atoms. The Morgan fingerprint density at radius 1 is 1.42 bits per heavy atom. The summed E-state index contributed by atoms with van der Waals surface area (Å²) in [6, 6.07) is 8.96. The summed E-state index contributed by atoms with van der Waals surface area (Å²) < 4.78 is 5.25. The molecule has 0 aromatic heterocycles. The monoisotopic (exact) mass is 261 g/mol. The lowest BCUT2D eigenvalue weighted by Crippen LogP contribution is -2.39. The number of methoxy groups -OCH3 is 1. The third kappa shape index (κ3) is 3.63. The minimum Gasteiger partial charge on any atom is -0.497 e. The third-order valence-corrected chi connectivity index (χ3v) is 3.44. The zero-order chi connectivity index (χ0) is 13.8. The van der Waals surface area contributed by atoms with Crippen LogP contribution in [-0.2, 0) is 0 Å². The maximum absolute atomic E-state index is 5.83. The predicted octanol–water partition coefficient (Wildman–Crippen LogP) is 2.25. The highest BCUT2D eigenvalue weighted by molar-refractivity contribution is 5.78. The molecule has 0 radical (unpaired) electrons. The minimum atomic E-state index is 0.331. The Balaban J connectivity index is 1.88. The van der Waals surface area contributed by atoms with Crippen molar-refractivity contribution in [1.29, 1.82) is 0 Å². The highest BCUT2D eigenvalue weighted by atomic mass is 16.5. The first-order valence-corrected chi connectivity index (χ1v) is 6.82. The second kappa shape index (κ2) is 5.95. The Bertz CT molecular complexity index is 450. The van der Waals surface area contributed by atoms with Crippen LogP contribution in [0.25, 0.3) is 0 Å². The summed E-state index contributed by atoms with van der Waals surface area (Å²) in [4.78, 5) is 4.49. The second-order valence-electron chi connectivity index (χ2n) is 5.41. The Hall–Kier alpha value is -1.71. The van der Waals surface area contributed by atoms with E-state index in [2.05, 4.69) is 36.3 Å². The molecular weight excluding hydrogens is 238 g/mol. The van der Waals surface area contributed by atoms with Gasteiger partial charge in [0.05, 0.1) is 13.2 Å². The Morgan fingerprint density at radius 2 is 2.16 bits per heavy atom. The molecule has 0 aliphatic heterocycles. The van der Waals surface area contributed by atoms with Gasteiger partial charge in [0.25, 0.3) is 0 Å². The molecule has 1 fully saturated rings. The fourth-order valence-corrected chi connectivity index (χ4v) is 2.39. The Morgan fingerprint density at radius 3 is 2.79 bits per heavy atom. The molecule has 0 bridgehead atoms. The van der Waals surface area contributed by atoms with E-state index >= 15 is 0 Å². The van der Waals surface area contributed by atoms with Crippen LogP contribution in [0.15, 0.2) is 29.3 Å². The molecule has 1 aliphatic carbocycles. The average molecular weight is 261 g/mol. The van der Waals surface area contributed by atoms with Crippen LogP contribution < -0.4 is 15.8 Å². The molecule has 1 aromatic rings. The van der Waals surface area contributed by atoms with E-state index in [4.69, 9.17) is 10.5 Å². The number of ether oxygens (including phenoxy) is 1. The molecule has 0 heterocycles. The number of nitrogens with zero attached hydrogens (tertiary/aromatic N) is 1. The van der Waals surface area contributed by atoms with E-state index in [-0.39, 0.29) is 0 Å². The summed E-state index contributed by atoms with van der Waals surface area (Å²) in [5.41, 5.74) is 7.17. The minimum absolute atomic E-state index is 0.331. The molecule has 0 unspecified atom stereocenters. The van der Waals surface area contributed by atoms with Gasteiger partial charge >= 0.3 is 0 Å². The highest BCUT2D eigenvalue weighted by Gasteiger charge is 2.30. The normalized spacial score (nSPS) is 23.1. The van der Waals surface area contributed by atoms with E-state index in [1.54, 1.807) is 7.11 Å². The molecule has 0 atom stereocenters. The van der Waals surface area contributed by atoms with Crippen LogP contribution in [0.1, 0.15) is 38.2 Å². The first kappa shape index (κ1) is 13.7. The van der Waals surface area contributed by atoms with Crippen molar-refractivity contribution in [2.24, 2.45) is 10.7 Å². The Kier molecular flexibility index (Phi) is 4.30. The summed E-state index contributed by atoms with van der Waals surface area (Å²) in [6.45, 7) is 4.12. The lowest BCUT2D eigenvalue weighted by molar-refractivity contribution is 0.350. The fraction of sp³-hybridized carbons (Fsp3) is 0.533. The van der Waals surface area contributed by atoms with E-state index in [1.807, 2.05) is 12.1 Å². The molecule has 4 heteroatoms. The van der Waals surface area contributed by atoms with Crippen molar-refractivity contribution in [1.82, 2.24) is 5.32 Å². The van der Waals surface area contributed by atoms with Gasteiger partial charge in [0.1, 0.15) is 5.75 Å². The van der Waals surface area contributed by atoms with Crippen LogP contribution in [0.3, 0.4) is 0 Å². The van der Waals surface area contributed by atoms with Crippen molar-refractivity contribution >= 4 is 5.96 Å². The smallest absolute Gasteiger partial charge is 0.189 e. The number of guanidine groups is 1. The van der Waals surface area contributed by atoms with E-state index in [0.29, 0.717) is 24.0 Å². The number of nitrogens with two attached hydrogens (primary N) is 1. The lowest BCUT2D eigenvalue weighted by atomic mass is 9.76. The van der Waals surface area contributed by atoms with E-state index < -0.39 is 0 Å². The van der Waals surface area contributed by atoms with Crippen molar-refractivity contribution in [3.8, 4) is 5.75 Å². The summed E-state index contributed by atoms with van der Waals surface area (Å²) in [5.74, 6) is 2.06.